The van der Waals surface area contributed by atoms with Gasteiger partial charge in [0.1, 0.15) is 5.01 Å². The second kappa shape index (κ2) is 9.93. The molecule has 1 amide bonds. The van der Waals surface area contributed by atoms with Crippen LogP contribution in [-0.2, 0) is 26.3 Å². The lowest BCUT2D eigenvalue weighted by Gasteiger charge is -2.28. The van der Waals surface area contributed by atoms with E-state index < -0.39 is 29.8 Å². The third-order valence-electron chi connectivity index (χ3n) is 4.83. The molecular formula is C22H22N2O5S2. The molecule has 0 aliphatic rings. The maximum atomic E-state index is 12.8. The number of carboxylic acid groups (broad SMARTS) is 2. The van der Waals surface area contributed by atoms with Gasteiger partial charge in [0.25, 0.3) is 0 Å². The van der Waals surface area contributed by atoms with Gasteiger partial charge in [0.05, 0.1) is 10.2 Å². The van der Waals surface area contributed by atoms with Gasteiger partial charge in [-0.3, -0.25) is 9.59 Å². The van der Waals surface area contributed by atoms with Crippen molar-refractivity contribution in [3.05, 3.63) is 65.2 Å². The number of hydrogen-bond donors (Lipinski definition) is 4. The highest BCUT2D eigenvalue weighted by atomic mass is 32.1. The summed E-state index contributed by atoms with van der Waals surface area (Å²) in [4.78, 5) is 40.8. The number of amides is 1. The Labute approximate surface area is 188 Å². The number of para-hydroxylation sites is 1. The van der Waals surface area contributed by atoms with Crippen LogP contribution < -0.4 is 5.32 Å². The molecule has 3 rings (SSSR count). The van der Waals surface area contributed by atoms with Crippen LogP contribution >= 0.6 is 24.0 Å². The normalized spacial score (nSPS) is 14.0. The largest absolute Gasteiger partial charge is 0.481 e. The molecule has 9 heteroatoms. The Balaban J connectivity index is 1.85. The van der Waals surface area contributed by atoms with Gasteiger partial charge in [0.2, 0.25) is 5.91 Å². The van der Waals surface area contributed by atoms with Gasteiger partial charge in [-0.1, -0.05) is 42.5 Å². The zero-order chi connectivity index (χ0) is 22.4. The molecule has 0 fully saturated rings. The number of thiol groups is 1. The molecule has 0 aliphatic carbocycles. The van der Waals surface area contributed by atoms with Gasteiger partial charge in [-0.2, -0.15) is 12.6 Å². The molecule has 1 unspecified atom stereocenters. The molecule has 3 N–H and O–H groups in total. The number of carbonyl (C=O) groups excluding carboxylic acids is 1. The van der Waals surface area contributed by atoms with Crippen molar-refractivity contribution in [1.29, 1.82) is 0 Å². The van der Waals surface area contributed by atoms with Gasteiger partial charge in [0.15, 0.2) is 5.54 Å². The monoisotopic (exact) mass is 458 g/mol. The van der Waals surface area contributed by atoms with Crippen LogP contribution in [-0.4, -0.2) is 38.3 Å². The quantitative estimate of drug-likeness (QED) is 0.346. The first-order valence-electron chi connectivity index (χ1n) is 9.64. The van der Waals surface area contributed by atoms with Crippen LogP contribution in [0.25, 0.3) is 10.2 Å². The van der Waals surface area contributed by atoms with Gasteiger partial charge in [-0.25, -0.2) is 9.78 Å². The Hall–Kier alpha value is -2.91. The van der Waals surface area contributed by atoms with Crippen molar-refractivity contribution in [2.45, 2.75) is 36.5 Å². The molecule has 0 aliphatic heterocycles. The molecule has 0 bridgehead atoms. The Morgan fingerprint density at radius 3 is 2.39 bits per heavy atom. The summed E-state index contributed by atoms with van der Waals surface area (Å²) in [6.45, 7) is 0. The number of fused-ring (bicyclic) bond motifs is 1. The fraction of sp³-hybridized carbons (Fsp3) is 0.273. The lowest BCUT2D eigenvalue weighted by Crippen LogP contribution is -2.52. The van der Waals surface area contributed by atoms with Crippen LogP contribution in [0.1, 0.15) is 29.8 Å². The van der Waals surface area contributed by atoms with E-state index in [4.69, 9.17) is 5.11 Å². The fourth-order valence-corrected chi connectivity index (χ4v) is 4.79. The zero-order valence-electron chi connectivity index (χ0n) is 16.5. The summed E-state index contributed by atoms with van der Waals surface area (Å²) in [7, 11) is 0. The Kier molecular flexibility index (Phi) is 7.29. The number of nitrogens with one attached hydrogen (secondary N) is 1. The van der Waals surface area contributed by atoms with E-state index in [1.54, 1.807) is 24.3 Å². The first kappa shape index (κ1) is 22.8. The number of rotatable bonds is 10. The molecule has 162 valence electrons. The first-order valence-corrected chi connectivity index (χ1v) is 11.0. The predicted molar refractivity (Wildman–Crippen MR) is 121 cm³/mol. The number of benzene rings is 2. The average Bonchev–Trinajstić information content (AvgIpc) is 3.16. The summed E-state index contributed by atoms with van der Waals surface area (Å²) in [5.74, 6) is -3.03. The van der Waals surface area contributed by atoms with Gasteiger partial charge in [0, 0.05) is 18.1 Å². The van der Waals surface area contributed by atoms with Crippen molar-refractivity contribution in [3.8, 4) is 0 Å². The summed E-state index contributed by atoms with van der Waals surface area (Å²) in [6, 6.07) is 16.7. The minimum absolute atomic E-state index is 0.0228. The second-order valence-corrected chi connectivity index (χ2v) is 8.95. The predicted octanol–water partition coefficient (Wildman–Crippen LogP) is 3.49. The van der Waals surface area contributed by atoms with Crippen molar-refractivity contribution < 1.29 is 24.6 Å². The number of aromatic nitrogens is 1. The van der Waals surface area contributed by atoms with Crippen molar-refractivity contribution in [2.24, 2.45) is 0 Å². The van der Waals surface area contributed by atoms with Crippen LogP contribution in [0, 0.1) is 0 Å². The molecule has 0 spiro atoms. The van der Waals surface area contributed by atoms with E-state index in [1.807, 2.05) is 30.3 Å². The van der Waals surface area contributed by atoms with Crippen LogP contribution in [0.3, 0.4) is 0 Å². The van der Waals surface area contributed by atoms with Gasteiger partial charge in [-0.15, -0.1) is 11.3 Å². The van der Waals surface area contributed by atoms with E-state index >= 15 is 0 Å². The standard InChI is InChI=1S/C22H22N2O5S2/c25-18(13-15(30)12-14-6-2-1-3-7-14)24-22(21(28)29,11-10-19(26)27)20-23-16-8-4-5-9-17(16)31-20/h1-9,15,30H,10-13H2,(H,24,25)(H,26,27)(H,28,29)/t15?,22-/m1/s1. The molecule has 0 saturated carbocycles. The molecule has 7 nitrogen and oxygen atoms in total. The summed E-state index contributed by atoms with van der Waals surface area (Å²) in [5.41, 5.74) is -0.329. The Morgan fingerprint density at radius 1 is 1.06 bits per heavy atom. The smallest absolute Gasteiger partial charge is 0.336 e. The minimum Gasteiger partial charge on any atom is -0.481 e. The zero-order valence-corrected chi connectivity index (χ0v) is 18.2. The van der Waals surface area contributed by atoms with Crippen molar-refractivity contribution in [2.75, 3.05) is 0 Å². The molecule has 0 saturated heterocycles. The first-order chi connectivity index (χ1) is 14.8. The fourth-order valence-electron chi connectivity index (χ4n) is 3.29. The Morgan fingerprint density at radius 2 is 1.74 bits per heavy atom. The molecular weight excluding hydrogens is 436 g/mol. The maximum absolute atomic E-state index is 12.8. The number of thiazole rings is 1. The van der Waals surface area contributed by atoms with Crippen LogP contribution in [0.4, 0.5) is 0 Å². The summed E-state index contributed by atoms with van der Waals surface area (Å²) < 4.78 is 0.754. The van der Waals surface area contributed by atoms with E-state index in [1.165, 1.54) is 0 Å². The van der Waals surface area contributed by atoms with E-state index in [0.717, 1.165) is 21.6 Å². The molecule has 2 aromatic carbocycles. The van der Waals surface area contributed by atoms with Gasteiger partial charge < -0.3 is 15.5 Å². The van der Waals surface area contributed by atoms with Crippen molar-refractivity contribution >= 4 is 52.0 Å². The van der Waals surface area contributed by atoms with Crippen LogP contribution in [0.15, 0.2) is 54.6 Å². The van der Waals surface area contributed by atoms with Crippen LogP contribution in [0.2, 0.25) is 0 Å². The molecule has 1 heterocycles. The van der Waals surface area contributed by atoms with E-state index in [9.17, 15) is 19.5 Å². The summed E-state index contributed by atoms with van der Waals surface area (Å²) in [5, 5.41) is 21.6. The van der Waals surface area contributed by atoms with Crippen LogP contribution in [0.5, 0.6) is 0 Å². The SMILES string of the molecule is O=C(O)CC[C@](NC(=O)CC(S)Cc1ccccc1)(C(=O)O)c1nc2ccccc2s1. The third-order valence-corrected chi connectivity index (χ3v) is 6.39. The lowest BCUT2D eigenvalue weighted by atomic mass is 9.93. The summed E-state index contributed by atoms with van der Waals surface area (Å²) >= 11 is 5.61. The number of hydrogen-bond acceptors (Lipinski definition) is 6. The molecule has 31 heavy (non-hydrogen) atoms. The average molecular weight is 459 g/mol. The summed E-state index contributed by atoms with van der Waals surface area (Å²) in [6.07, 6.45) is -0.241. The maximum Gasteiger partial charge on any atom is 0.336 e. The van der Waals surface area contributed by atoms with E-state index in [-0.39, 0.29) is 23.1 Å². The number of aliphatic carboxylic acids is 2. The molecule has 2 atom stereocenters. The topological polar surface area (TPSA) is 117 Å². The molecule has 1 aromatic heterocycles. The van der Waals surface area contributed by atoms with E-state index in [0.29, 0.717) is 11.9 Å². The van der Waals surface area contributed by atoms with Gasteiger partial charge >= 0.3 is 11.9 Å². The second-order valence-electron chi connectivity index (χ2n) is 7.19. The molecule has 0 radical (unpaired) electrons. The van der Waals surface area contributed by atoms with Crippen molar-refractivity contribution in [3.63, 3.8) is 0 Å². The van der Waals surface area contributed by atoms with Gasteiger partial charge in [-0.05, 0) is 30.5 Å². The van der Waals surface area contributed by atoms with Crippen molar-refractivity contribution in [1.82, 2.24) is 10.3 Å². The Bertz CT molecular complexity index is 1050. The highest BCUT2D eigenvalue weighted by molar-refractivity contribution is 7.81. The number of carboxylic acids is 2. The minimum atomic E-state index is -1.93. The highest BCUT2D eigenvalue weighted by Gasteiger charge is 2.45. The molecule has 3 aromatic rings. The lowest BCUT2D eigenvalue weighted by molar-refractivity contribution is -0.149. The number of carbonyl (C=O) groups is 3. The third kappa shape index (κ3) is 5.62. The van der Waals surface area contributed by atoms with E-state index in [2.05, 4.69) is 22.9 Å². The highest BCUT2D eigenvalue weighted by Crippen LogP contribution is 2.34. The number of nitrogens with zero attached hydrogens (tertiary/aromatic N) is 1.